The van der Waals surface area contributed by atoms with Crippen molar-refractivity contribution in [3.63, 3.8) is 0 Å². The van der Waals surface area contributed by atoms with Crippen molar-refractivity contribution in [1.29, 1.82) is 0 Å². The molecule has 3 aliphatic heterocycles. The van der Waals surface area contributed by atoms with E-state index in [0.29, 0.717) is 32.8 Å². The quantitative estimate of drug-likeness (QED) is 0.506. The van der Waals surface area contributed by atoms with E-state index >= 15 is 0 Å². The number of aliphatic hydroxyl groups is 1. The molecule has 3 saturated heterocycles. The second-order valence-electron chi connectivity index (χ2n) is 11.1. The molecule has 3 heterocycles. The highest BCUT2D eigenvalue weighted by Crippen LogP contribution is 2.33. The number of cyclic esters (lactones) is 1. The number of nitrogens with one attached hydrogen (secondary N) is 1. The number of hydrogen-bond acceptors (Lipinski definition) is 7. The number of nitrogens with zero attached hydrogens (tertiary/aromatic N) is 1. The lowest BCUT2D eigenvalue weighted by molar-refractivity contribution is -0.0907. The molecule has 0 radical (unpaired) electrons. The van der Waals surface area contributed by atoms with Crippen LogP contribution in [0.4, 0.5) is 9.59 Å². The Hall–Kier alpha value is -2.36. The van der Waals surface area contributed by atoms with E-state index in [2.05, 4.69) is 5.32 Å². The van der Waals surface area contributed by atoms with Crippen molar-refractivity contribution in [1.82, 2.24) is 10.2 Å². The van der Waals surface area contributed by atoms with Gasteiger partial charge in [0.05, 0.1) is 44.4 Å². The average molecular weight is 547 g/mol. The monoisotopic (exact) mass is 546 g/mol. The zero-order valence-corrected chi connectivity index (χ0v) is 23.1. The number of aliphatic hydroxyl groups excluding tert-OH is 1. The summed E-state index contributed by atoms with van der Waals surface area (Å²) in [5.41, 5.74) is 0.968. The fraction of sp³-hybridized carbons (Fsp3) is 0.733. The molecular weight excluding hydrogens is 500 g/mol. The van der Waals surface area contributed by atoms with Crippen LogP contribution in [0.25, 0.3) is 0 Å². The van der Waals surface area contributed by atoms with E-state index in [1.165, 1.54) is 32.1 Å². The van der Waals surface area contributed by atoms with Crippen LogP contribution in [0, 0.1) is 5.92 Å². The van der Waals surface area contributed by atoms with Crippen molar-refractivity contribution in [2.45, 2.75) is 102 Å². The van der Waals surface area contributed by atoms with Crippen LogP contribution >= 0.6 is 0 Å². The molecule has 0 aromatic heterocycles. The van der Waals surface area contributed by atoms with Gasteiger partial charge in [0.2, 0.25) is 0 Å². The Morgan fingerprint density at radius 2 is 1.67 bits per heavy atom. The summed E-state index contributed by atoms with van der Waals surface area (Å²) in [5, 5.41) is 14.2. The van der Waals surface area contributed by atoms with E-state index in [0.717, 1.165) is 44.1 Å². The number of benzene rings is 1. The van der Waals surface area contributed by atoms with Gasteiger partial charge in [0.25, 0.3) is 0 Å². The first kappa shape index (κ1) is 29.6. The molecule has 39 heavy (non-hydrogen) atoms. The summed E-state index contributed by atoms with van der Waals surface area (Å²) >= 11 is 0. The van der Waals surface area contributed by atoms with Crippen molar-refractivity contribution < 1.29 is 33.6 Å². The van der Waals surface area contributed by atoms with Gasteiger partial charge in [0.15, 0.2) is 6.29 Å². The molecule has 4 rings (SSSR count). The second-order valence-corrected chi connectivity index (χ2v) is 11.1. The zero-order chi connectivity index (χ0) is 27.3. The summed E-state index contributed by atoms with van der Waals surface area (Å²) in [6.07, 6.45) is 9.60. The first-order valence-electron chi connectivity index (χ1n) is 14.9. The van der Waals surface area contributed by atoms with Crippen molar-refractivity contribution in [3.05, 3.63) is 35.9 Å². The Balaban J connectivity index is 1.37. The molecule has 0 unspecified atom stereocenters. The predicted molar refractivity (Wildman–Crippen MR) is 146 cm³/mol. The van der Waals surface area contributed by atoms with Gasteiger partial charge in [-0.25, -0.2) is 9.59 Å². The van der Waals surface area contributed by atoms with Crippen LogP contribution in [0.5, 0.6) is 0 Å². The van der Waals surface area contributed by atoms with Crippen molar-refractivity contribution in [2.24, 2.45) is 5.92 Å². The highest BCUT2D eigenvalue weighted by atomic mass is 16.7. The topological polar surface area (TPSA) is 107 Å². The lowest BCUT2D eigenvalue weighted by Gasteiger charge is -2.30. The molecule has 0 bridgehead atoms. The largest absolute Gasteiger partial charge is 0.449 e. The van der Waals surface area contributed by atoms with Crippen LogP contribution in [-0.2, 0) is 25.4 Å². The third-order valence-electron chi connectivity index (χ3n) is 8.02. The summed E-state index contributed by atoms with van der Waals surface area (Å²) in [4.78, 5) is 27.5. The normalized spacial score (nSPS) is 26.9. The Bertz CT molecular complexity index is 870. The molecule has 0 spiro atoms. The summed E-state index contributed by atoms with van der Waals surface area (Å²) in [6, 6.07) is 9.03. The van der Waals surface area contributed by atoms with Gasteiger partial charge in [-0.3, -0.25) is 0 Å². The van der Waals surface area contributed by atoms with Gasteiger partial charge in [-0.2, -0.15) is 0 Å². The van der Waals surface area contributed by atoms with Crippen LogP contribution in [-0.4, -0.2) is 79.6 Å². The summed E-state index contributed by atoms with van der Waals surface area (Å²) < 4.78 is 22.4. The fourth-order valence-corrected chi connectivity index (χ4v) is 5.70. The molecule has 2 amide bonds. The van der Waals surface area contributed by atoms with Crippen LogP contribution < -0.4 is 5.32 Å². The van der Waals surface area contributed by atoms with Gasteiger partial charge >= 0.3 is 12.2 Å². The standard InChI is InChI=1S/C30H46N2O7/c33-26(21-32-17-12-7-5-3-1-2-4-6-8-13-18-37-30(32)35)25(20-23-14-10-9-11-15-23)31-29(34)39-27-22-38-28-24(27)16-19-36-28/h9-11,14-15,24-28,33H,1-8,12-13,16-22H2,(H,31,34)/t24-,25-,26+,27-,28+/m0/s1. The number of carbonyl (C=O) groups is 2. The number of ether oxygens (including phenoxy) is 4. The highest BCUT2D eigenvalue weighted by molar-refractivity contribution is 5.68. The van der Waals surface area contributed by atoms with Gasteiger partial charge in [0, 0.05) is 6.54 Å². The third kappa shape index (κ3) is 9.65. The van der Waals surface area contributed by atoms with E-state index in [9.17, 15) is 14.7 Å². The number of fused-ring (bicyclic) bond motifs is 1. The average Bonchev–Trinajstić information content (AvgIpc) is 3.55. The van der Waals surface area contributed by atoms with Gasteiger partial charge in [-0.15, -0.1) is 0 Å². The molecule has 3 fully saturated rings. The molecule has 3 aliphatic rings. The summed E-state index contributed by atoms with van der Waals surface area (Å²) in [5.74, 6) is 0.0307. The van der Waals surface area contributed by atoms with Crippen molar-refractivity contribution in [2.75, 3.05) is 32.9 Å². The fourth-order valence-electron chi connectivity index (χ4n) is 5.70. The van der Waals surface area contributed by atoms with Gasteiger partial charge in [-0.05, 0) is 31.2 Å². The molecule has 2 N–H and O–H groups in total. The number of β-amino-alcohol motifs (C(OH)–C–C–N with tert-alkyl or cyclic N) is 1. The lowest BCUT2D eigenvalue weighted by atomic mass is 10.0. The molecule has 0 aliphatic carbocycles. The number of hydrogen-bond donors (Lipinski definition) is 2. The minimum Gasteiger partial charge on any atom is -0.449 e. The number of amides is 2. The molecular formula is C30H46N2O7. The molecule has 218 valence electrons. The van der Waals surface area contributed by atoms with E-state index in [4.69, 9.17) is 18.9 Å². The van der Waals surface area contributed by atoms with Crippen LogP contribution in [0.2, 0.25) is 0 Å². The smallest absolute Gasteiger partial charge is 0.409 e. The molecule has 1 aromatic carbocycles. The van der Waals surface area contributed by atoms with Gasteiger partial charge in [-0.1, -0.05) is 81.7 Å². The number of carbonyl (C=O) groups excluding carboxylic acids is 2. The summed E-state index contributed by atoms with van der Waals surface area (Å²) in [6.45, 7) is 1.87. The maximum absolute atomic E-state index is 13.0. The third-order valence-corrected chi connectivity index (χ3v) is 8.02. The first-order chi connectivity index (χ1) is 19.1. The molecule has 5 atom stereocenters. The molecule has 9 heteroatoms. The summed E-state index contributed by atoms with van der Waals surface area (Å²) in [7, 11) is 0. The van der Waals surface area contributed by atoms with Crippen molar-refractivity contribution in [3.8, 4) is 0 Å². The van der Waals surface area contributed by atoms with Crippen LogP contribution in [0.1, 0.15) is 76.2 Å². The zero-order valence-electron chi connectivity index (χ0n) is 23.1. The second kappa shape index (κ2) is 16.0. The van der Waals surface area contributed by atoms with E-state index in [1.54, 1.807) is 4.90 Å². The van der Waals surface area contributed by atoms with Crippen molar-refractivity contribution >= 4 is 12.2 Å². The Kier molecular flexibility index (Phi) is 12.2. The molecule has 0 saturated carbocycles. The maximum Gasteiger partial charge on any atom is 0.409 e. The van der Waals surface area contributed by atoms with E-state index in [-0.39, 0.29) is 24.9 Å². The van der Waals surface area contributed by atoms with Crippen LogP contribution in [0.15, 0.2) is 30.3 Å². The van der Waals surface area contributed by atoms with Gasteiger partial charge < -0.3 is 34.3 Å². The SMILES string of the molecule is O=C(N[C@@H](Cc1ccccc1)[C@H](O)CN1CCCCCCCCCCCCOC1=O)O[C@H]1CO[C@H]2OCC[C@H]21. The molecule has 9 nitrogen and oxygen atoms in total. The lowest BCUT2D eigenvalue weighted by Crippen LogP contribution is -2.51. The minimum atomic E-state index is -1.00. The Labute approximate surface area is 232 Å². The number of rotatable bonds is 7. The number of alkyl carbamates (subject to hydrolysis) is 1. The maximum atomic E-state index is 13.0. The van der Waals surface area contributed by atoms with Gasteiger partial charge in [0.1, 0.15) is 6.10 Å². The van der Waals surface area contributed by atoms with E-state index in [1.807, 2.05) is 30.3 Å². The Morgan fingerprint density at radius 3 is 2.41 bits per heavy atom. The van der Waals surface area contributed by atoms with Crippen LogP contribution in [0.3, 0.4) is 0 Å². The van der Waals surface area contributed by atoms with E-state index < -0.39 is 24.3 Å². The highest BCUT2D eigenvalue weighted by Gasteiger charge is 2.44. The predicted octanol–water partition coefficient (Wildman–Crippen LogP) is 4.80. The molecule has 1 aromatic rings. The Morgan fingerprint density at radius 1 is 0.974 bits per heavy atom. The first-order valence-corrected chi connectivity index (χ1v) is 14.9. The minimum absolute atomic E-state index is 0.0307.